The number of esters is 1. The molecule has 0 amide bonds. The molecule has 1 aromatic carbocycles. The molecule has 0 saturated carbocycles. The number of ketones is 1. The van der Waals surface area contributed by atoms with E-state index in [2.05, 4.69) is 4.99 Å². The lowest BCUT2D eigenvalue weighted by atomic mass is 10.2. The molecule has 0 aliphatic carbocycles. The monoisotopic (exact) mass is 327 g/mol. The number of nitrogens with zero attached hydrogens (tertiary/aromatic N) is 1. The van der Waals surface area contributed by atoms with Gasteiger partial charge >= 0.3 is 5.97 Å². The minimum atomic E-state index is -0.387. The molecule has 0 fully saturated rings. The molecule has 3 rings (SSSR count). The molecule has 23 heavy (non-hydrogen) atoms. The van der Waals surface area contributed by atoms with Crippen LogP contribution < -0.4 is 0 Å². The number of carbonyl (C=O) groups is 2. The maximum atomic E-state index is 11.9. The number of carbonyl (C=O) groups excluding carboxylic acids is 2. The zero-order valence-electron chi connectivity index (χ0n) is 12.3. The second-order valence-corrected chi connectivity index (χ2v) is 5.58. The predicted molar refractivity (Wildman–Crippen MR) is 87.9 cm³/mol. The van der Waals surface area contributed by atoms with Crippen molar-refractivity contribution in [3.63, 3.8) is 0 Å². The number of hydrogen-bond acceptors (Lipinski definition) is 6. The lowest BCUT2D eigenvalue weighted by Crippen LogP contribution is -2.07. The largest absolute Gasteiger partial charge is 0.462 e. The normalized spacial score (nSPS) is 15.4. The van der Waals surface area contributed by atoms with Crippen LogP contribution in [0.25, 0.3) is 5.76 Å². The average molecular weight is 327 g/mol. The van der Waals surface area contributed by atoms with E-state index in [0.717, 1.165) is 4.88 Å². The molecule has 0 radical (unpaired) electrons. The molecule has 6 heteroatoms. The lowest BCUT2D eigenvalue weighted by Gasteiger charge is -2.03. The molecular weight excluding hydrogens is 314 g/mol. The van der Waals surface area contributed by atoms with Crippen molar-refractivity contribution in [3.8, 4) is 0 Å². The first-order valence-corrected chi connectivity index (χ1v) is 7.89. The first kappa shape index (κ1) is 15.2. The number of rotatable bonds is 4. The molecule has 5 nitrogen and oxygen atoms in total. The van der Waals surface area contributed by atoms with Crippen LogP contribution in [0.2, 0.25) is 0 Å². The highest BCUT2D eigenvalue weighted by Crippen LogP contribution is 2.27. The molecule has 0 unspecified atom stereocenters. The Hall–Kier alpha value is -2.73. The fourth-order valence-electron chi connectivity index (χ4n) is 1.99. The van der Waals surface area contributed by atoms with Crippen molar-refractivity contribution in [2.24, 2.45) is 4.99 Å². The first-order valence-electron chi connectivity index (χ1n) is 7.01. The zero-order valence-corrected chi connectivity index (χ0v) is 13.1. The Morgan fingerprint density at radius 2 is 2.04 bits per heavy atom. The number of ether oxygens (including phenoxy) is 2. The minimum Gasteiger partial charge on any atom is -0.462 e. The molecule has 0 N–H and O–H groups in total. The van der Waals surface area contributed by atoms with E-state index in [1.807, 2.05) is 17.5 Å². The van der Waals surface area contributed by atoms with Crippen molar-refractivity contribution in [1.82, 2.24) is 0 Å². The van der Waals surface area contributed by atoms with Gasteiger partial charge in [0.05, 0.1) is 22.7 Å². The van der Waals surface area contributed by atoms with Gasteiger partial charge in [-0.2, -0.15) is 0 Å². The van der Waals surface area contributed by atoms with Crippen LogP contribution in [0.15, 0.2) is 52.8 Å². The number of hydrogen-bond donors (Lipinski definition) is 0. The van der Waals surface area contributed by atoms with E-state index in [0.29, 0.717) is 23.6 Å². The number of aliphatic imine (C=N–C) groups is 1. The molecule has 1 aliphatic rings. The van der Waals surface area contributed by atoms with Gasteiger partial charge in [0.25, 0.3) is 5.90 Å². The zero-order chi connectivity index (χ0) is 16.2. The van der Waals surface area contributed by atoms with E-state index in [9.17, 15) is 9.59 Å². The molecule has 2 heterocycles. The van der Waals surface area contributed by atoms with E-state index in [4.69, 9.17) is 9.47 Å². The fourth-order valence-corrected chi connectivity index (χ4v) is 2.66. The van der Waals surface area contributed by atoms with Crippen molar-refractivity contribution < 1.29 is 19.1 Å². The SMILES string of the molecule is CCOC(=O)c1ccc(N=C2OC(c3cccs3)=CC2=O)cc1. The molecule has 0 saturated heterocycles. The second kappa shape index (κ2) is 6.58. The maximum Gasteiger partial charge on any atom is 0.338 e. The van der Waals surface area contributed by atoms with Crippen LogP contribution in [0.5, 0.6) is 0 Å². The van der Waals surface area contributed by atoms with Crippen molar-refractivity contribution >= 4 is 40.4 Å². The summed E-state index contributed by atoms with van der Waals surface area (Å²) in [5.41, 5.74) is 0.967. The van der Waals surface area contributed by atoms with Gasteiger partial charge in [-0.15, -0.1) is 11.3 Å². The Balaban J connectivity index is 1.75. The van der Waals surface area contributed by atoms with E-state index in [1.165, 1.54) is 17.4 Å². The highest BCUT2D eigenvalue weighted by atomic mass is 32.1. The summed E-state index contributed by atoms with van der Waals surface area (Å²) < 4.78 is 10.4. The predicted octanol–water partition coefficient (Wildman–Crippen LogP) is 3.60. The standard InChI is InChI=1S/C17H13NO4S/c1-2-21-17(20)11-5-7-12(8-6-11)18-16-13(19)10-14(22-16)15-4-3-9-23-15/h3-10H,2H2,1H3. The van der Waals surface area contributed by atoms with Gasteiger partial charge in [0.2, 0.25) is 5.78 Å². The van der Waals surface area contributed by atoms with E-state index in [-0.39, 0.29) is 17.7 Å². The van der Waals surface area contributed by atoms with Crippen LogP contribution in [-0.2, 0) is 14.3 Å². The molecule has 1 aliphatic heterocycles. The highest BCUT2D eigenvalue weighted by Gasteiger charge is 2.24. The highest BCUT2D eigenvalue weighted by molar-refractivity contribution is 7.11. The van der Waals surface area contributed by atoms with Gasteiger partial charge < -0.3 is 9.47 Å². The molecule has 0 bridgehead atoms. The van der Waals surface area contributed by atoms with Gasteiger partial charge in [0.1, 0.15) is 0 Å². The van der Waals surface area contributed by atoms with Crippen LogP contribution >= 0.6 is 11.3 Å². The third-order valence-electron chi connectivity index (χ3n) is 3.05. The Morgan fingerprint density at radius 3 is 2.70 bits per heavy atom. The van der Waals surface area contributed by atoms with Crippen LogP contribution in [0.1, 0.15) is 22.2 Å². The van der Waals surface area contributed by atoms with Crippen LogP contribution in [0, 0.1) is 0 Å². The van der Waals surface area contributed by atoms with Crippen LogP contribution in [0.3, 0.4) is 0 Å². The van der Waals surface area contributed by atoms with Crippen LogP contribution in [-0.4, -0.2) is 24.3 Å². The van der Waals surface area contributed by atoms with E-state index < -0.39 is 0 Å². The minimum absolute atomic E-state index is 0.0253. The summed E-state index contributed by atoms with van der Waals surface area (Å²) in [5.74, 6) is -0.131. The molecular formula is C17H13NO4S. The molecule has 0 spiro atoms. The van der Waals surface area contributed by atoms with Crippen LogP contribution in [0.4, 0.5) is 5.69 Å². The van der Waals surface area contributed by atoms with Gasteiger partial charge in [0, 0.05) is 6.08 Å². The molecule has 116 valence electrons. The number of thiophene rings is 1. The summed E-state index contributed by atoms with van der Waals surface area (Å²) in [6, 6.07) is 10.2. The molecule has 0 atom stereocenters. The summed E-state index contributed by atoms with van der Waals surface area (Å²) in [7, 11) is 0. The quantitative estimate of drug-likeness (QED) is 0.805. The Bertz CT molecular complexity index is 789. The smallest absolute Gasteiger partial charge is 0.338 e. The summed E-state index contributed by atoms with van der Waals surface area (Å²) in [6.07, 6.45) is 1.43. The third kappa shape index (κ3) is 3.37. The number of benzene rings is 1. The summed E-state index contributed by atoms with van der Waals surface area (Å²) in [4.78, 5) is 28.6. The van der Waals surface area contributed by atoms with Gasteiger partial charge in [-0.25, -0.2) is 9.79 Å². The van der Waals surface area contributed by atoms with Gasteiger partial charge in [-0.3, -0.25) is 4.79 Å². The lowest BCUT2D eigenvalue weighted by molar-refractivity contribution is -0.109. The van der Waals surface area contributed by atoms with Crippen molar-refractivity contribution in [2.45, 2.75) is 6.92 Å². The topological polar surface area (TPSA) is 65.0 Å². The Labute approximate surface area is 136 Å². The van der Waals surface area contributed by atoms with Gasteiger partial charge in [-0.05, 0) is 42.6 Å². The first-order chi connectivity index (χ1) is 11.2. The van der Waals surface area contributed by atoms with Gasteiger partial charge in [-0.1, -0.05) is 6.07 Å². The Kier molecular flexibility index (Phi) is 4.34. The second-order valence-electron chi connectivity index (χ2n) is 4.64. The Morgan fingerprint density at radius 1 is 1.26 bits per heavy atom. The van der Waals surface area contributed by atoms with Crippen molar-refractivity contribution in [2.75, 3.05) is 6.61 Å². The summed E-state index contributed by atoms with van der Waals surface area (Å²) in [6.45, 7) is 2.07. The average Bonchev–Trinajstić information content (AvgIpc) is 3.19. The van der Waals surface area contributed by atoms with Crippen molar-refractivity contribution in [3.05, 3.63) is 58.3 Å². The summed E-state index contributed by atoms with van der Waals surface area (Å²) in [5, 5.41) is 1.91. The third-order valence-corrected chi connectivity index (χ3v) is 3.94. The van der Waals surface area contributed by atoms with Gasteiger partial charge in [0.15, 0.2) is 5.76 Å². The molecule has 2 aromatic rings. The fraction of sp³-hybridized carbons (Fsp3) is 0.118. The van der Waals surface area contributed by atoms with E-state index in [1.54, 1.807) is 31.2 Å². The van der Waals surface area contributed by atoms with Crippen molar-refractivity contribution in [1.29, 1.82) is 0 Å². The molecule has 1 aromatic heterocycles. The maximum absolute atomic E-state index is 11.9. The van der Waals surface area contributed by atoms with E-state index >= 15 is 0 Å². The summed E-state index contributed by atoms with van der Waals surface area (Å²) >= 11 is 1.49.